The zero-order valence-corrected chi connectivity index (χ0v) is 13.9. The van der Waals surface area contributed by atoms with Crippen LogP contribution in [0.2, 0.25) is 0 Å². The number of aromatic nitrogens is 1. The van der Waals surface area contributed by atoms with E-state index < -0.39 is 0 Å². The number of nitrogens with zero attached hydrogens (tertiary/aromatic N) is 2. The lowest BCUT2D eigenvalue weighted by Gasteiger charge is -2.24. The summed E-state index contributed by atoms with van der Waals surface area (Å²) in [6.45, 7) is 12.0. The van der Waals surface area contributed by atoms with Gasteiger partial charge >= 0.3 is 0 Å². The van der Waals surface area contributed by atoms with Crippen LogP contribution in [0.3, 0.4) is 0 Å². The quantitative estimate of drug-likeness (QED) is 0.894. The topological polar surface area (TPSA) is 28.2 Å². The molecule has 0 radical (unpaired) electrons. The average molecular weight is 281 g/mol. The molecular formula is C15H27N3S. The Morgan fingerprint density at radius 3 is 2.58 bits per heavy atom. The molecule has 19 heavy (non-hydrogen) atoms. The second-order valence-corrected chi connectivity index (χ2v) is 7.86. The van der Waals surface area contributed by atoms with Crippen LogP contribution in [-0.2, 0) is 6.54 Å². The van der Waals surface area contributed by atoms with Gasteiger partial charge in [-0.05, 0) is 53.4 Å². The smallest absolute Gasteiger partial charge is 0.185 e. The van der Waals surface area contributed by atoms with E-state index in [-0.39, 0.29) is 5.54 Å². The third-order valence-corrected chi connectivity index (χ3v) is 5.13. The van der Waals surface area contributed by atoms with E-state index in [1.54, 1.807) is 0 Å². The molecular weight excluding hydrogens is 254 g/mol. The molecule has 1 unspecified atom stereocenters. The molecule has 3 nitrogen and oxygen atoms in total. The number of nitrogens with one attached hydrogen (secondary N) is 1. The van der Waals surface area contributed by atoms with Crippen LogP contribution < -0.4 is 10.2 Å². The lowest BCUT2D eigenvalue weighted by atomic mass is 10.1. The van der Waals surface area contributed by atoms with Crippen molar-refractivity contribution >= 4 is 16.5 Å². The first-order valence-corrected chi connectivity index (χ1v) is 8.04. The van der Waals surface area contributed by atoms with E-state index in [0.29, 0.717) is 6.04 Å². The number of aryl methyl sites for hydroxylation is 1. The molecule has 1 aromatic heterocycles. The first kappa shape index (κ1) is 14.8. The van der Waals surface area contributed by atoms with Crippen molar-refractivity contribution in [3.8, 4) is 0 Å². The molecule has 1 aliphatic carbocycles. The van der Waals surface area contributed by atoms with Gasteiger partial charge in [0.2, 0.25) is 0 Å². The Morgan fingerprint density at radius 2 is 2.05 bits per heavy atom. The van der Waals surface area contributed by atoms with E-state index in [0.717, 1.165) is 12.5 Å². The molecule has 1 aliphatic rings. The van der Waals surface area contributed by atoms with Crippen molar-refractivity contribution in [3.63, 3.8) is 0 Å². The first-order chi connectivity index (χ1) is 8.78. The van der Waals surface area contributed by atoms with Gasteiger partial charge in [0.25, 0.3) is 0 Å². The minimum absolute atomic E-state index is 0.157. The van der Waals surface area contributed by atoms with Gasteiger partial charge in [-0.15, -0.1) is 11.3 Å². The van der Waals surface area contributed by atoms with Crippen molar-refractivity contribution in [1.82, 2.24) is 10.3 Å². The molecule has 1 saturated carbocycles. The highest BCUT2D eigenvalue weighted by Gasteiger charge is 2.31. The third kappa shape index (κ3) is 3.93. The lowest BCUT2D eigenvalue weighted by molar-refractivity contribution is 0.425. The molecule has 0 amide bonds. The zero-order chi connectivity index (χ0) is 14.2. The van der Waals surface area contributed by atoms with Gasteiger partial charge in [0.05, 0.1) is 5.69 Å². The molecule has 1 N–H and O–H groups in total. The van der Waals surface area contributed by atoms with E-state index in [1.165, 1.54) is 28.5 Å². The predicted molar refractivity (Wildman–Crippen MR) is 84.0 cm³/mol. The van der Waals surface area contributed by atoms with Crippen LogP contribution in [0.1, 0.15) is 51.1 Å². The summed E-state index contributed by atoms with van der Waals surface area (Å²) in [7, 11) is 2.18. The van der Waals surface area contributed by atoms with Crippen molar-refractivity contribution in [2.75, 3.05) is 11.9 Å². The van der Waals surface area contributed by atoms with E-state index >= 15 is 0 Å². The second-order valence-electron chi connectivity index (χ2n) is 6.80. The summed E-state index contributed by atoms with van der Waals surface area (Å²) < 4.78 is 0. The summed E-state index contributed by atoms with van der Waals surface area (Å²) in [5.74, 6) is 0.880. The maximum absolute atomic E-state index is 4.75. The Balaban J connectivity index is 2.03. The van der Waals surface area contributed by atoms with Gasteiger partial charge in [0, 0.05) is 30.1 Å². The van der Waals surface area contributed by atoms with E-state index in [1.807, 2.05) is 11.3 Å². The van der Waals surface area contributed by atoms with Gasteiger partial charge in [-0.1, -0.05) is 0 Å². The van der Waals surface area contributed by atoms with Crippen LogP contribution in [0.4, 0.5) is 5.13 Å². The molecule has 1 fully saturated rings. The summed E-state index contributed by atoms with van der Waals surface area (Å²) in [6.07, 6.45) is 2.77. The molecule has 1 atom stereocenters. The molecule has 0 spiro atoms. The van der Waals surface area contributed by atoms with Crippen molar-refractivity contribution in [2.24, 2.45) is 5.92 Å². The standard InChI is InChI=1S/C15H27N3S/c1-10-13(9-16-15(3,4)5)19-14(17-10)18(6)11(2)12-7-8-12/h11-12,16H,7-9H2,1-6H3. The maximum atomic E-state index is 4.75. The maximum Gasteiger partial charge on any atom is 0.185 e. The Labute approximate surface area is 121 Å². The van der Waals surface area contributed by atoms with Crippen molar-refractivity contribution < 1.29 is 0 Å². The highest BCUT2D eigenvalue weighted by Crippen LogP contribution is 2.37. The van der Waals surface area contributed by atoms with Gasteiger partial charge in [-0.3, -0.25) is 0 Å². The number of hydrogen-bond donors (Lipinski definition) is 1. The number of hydrogen-bond acceptors (Lipinski definition) is 4. The van der Waals surface area contributed by atoms with Crippen molar-refractivity contribution in [3.05, 3.63) is 10.6 Å². The fraction of sp³-hybridized carbons (Fsp3) is 0.800. The number of anilines is 1. The van der Waals surface area contributed by atoms with Gasteiger partial charge in [-0.2, -0.15) is 0 Å². The highest BCUT2D eigenvalue weighted by atomic mass is 32.1. The van der Waals surface area contributed by atoms with E-state index in [4.69, 9.17) is 4.98 Å². The molecule has 0 aromatic carbocycles. The normalized spacial score (nSPS) is 17.6. The highest BCUT2D eigenvalue weighted by molar-refractivity contribution is 7.15. The largest absolute Gasteiger partial charge is 0.348 e. The SMILES string of the molecule is Cc1nc(N(C)C(C)C2CC2)sc1CNC(C)(C)C. The minimum Gasteiger partial charge on any atom is -0.348 e. The fourth-order valence-electron chi connectivity index (χ4n) is 2.14. The lowest BCUT2D eigenvalue weighted by Crippen LogP contribution is -2.34. The van der Waals surface area contributed by atoms with Gasteiger partial charge in [-0.25, -0.2) is 4.98 Å². The predicted octanol–water partition coefficient (Wildman–Crippen LogP) is 3.57. The molecule has 1 heterocycles. The Kier molecular flexibility index (Phi) is 4.21. The van der Waals surface area contributed by atoms with Crippen molar-refractivity contribution in [1.29, 1.82) is 0 Å². The van der Waals surface area contributed by atoms with Crippen LogP contribution in [0.5, 0.6) is 0 Å². The average Bonchev–Trinajstić information content (AvgIpc) is 3.08. The zero-order valence-electron chi connectivity index (χ0n) is 13.1. The molecule has 2 rings (SSSR count). The van der Waals surface area contributed by atoms with E-state index in [2.05, 4.69) is 51.9 Å². The van der Waals surface area contributed by atoms with Gasteiger partial charge < -0.3 is 10.2 Å². The van der Waals surface area contributed by atoms with Crippen LogP contribution in [-0.4, -0.2) is 23.6 Å². The van der Waals surface area contributed by atoms with Crippen molar-refractivity contribution in [2.45, 2.75) is 65.6 Å². The second kappa shape index (κ2) is 5.41. The molecule has 1 aromatic rings. The van der Waals surface area contributed by atoms with Crippen LogP contribution in [0, 0.1) is 12.8 Å². The number of thiazole rings is 1. The van der Waals surface area contributed by atoms with Crippen LogP contribution in [0.15, 0.2) is 0 Å². The Hall–Kier alpha value is -0.610. The summed E-state index contributed by atoms with van der Waals surface area (Å²) >= 11 is 1.83. The van der Waals surface area contributed by atoms with Gasteiger partial charge in [0.1, 0.15) is 0 Å². The van der Waals surface area contributed by atoms with E-state index in [9.17, 15) is 0 Å². The fourth-order valence-corrected chi connectivity index (χ4v) is 3.19. The van der Waals surface area contributed by atoms with Crippen LogP contribution in [0.25, 0.3) is 0 Å². The molecule has 0 saturated heterocycles. The summed E-state index contributed by atoms with van der Waals surface area (Å²) in [4.78, 5) is 8.46. The Bertz CT molecular complexity index is 429. The molecule has 0 aliphatic heterocycles. The first-order valence-electron chi connectivity index (χ1n) is 7.22. The monoisotopic (exact) mass is 281 g/mol. The third-order valence-electron chi connectivity index (χ3n) is 3.88. The Morgan fingerprint density at radius 1 is 1.42 bits per heavy atom. The van der Waals surface area contributed by atoms with Gasteiger partial charge in [0.15, 0.2) is 5.13 Å². The summed E-state index contributed by atoms with van der Waals surface area (Å²) in [5.41, 5.74) is 1.33. The molecule has 0 bridgehead atoms. The minimum atomic E-state index is 0.157. The number of rotatable bonds is 5. The molecule has 108 valence electrons. The van der Waals surface area contributed by atoms with Crippen LogP contribution >= 0.6 is 11.3 Å². The summed E-state index contributed by atoms with van der Waals surface area (Å²) in [5, 5.41) is 4.72. The molecule has 4 heteroatoms. The summed E-state index contributed by atoms with van der Waals surface area (Å²) in [6, 6.07) is 0.619.